The van der Waals surface area contributed by atoms with Gasteiger partial charge in [-0.15, -0.1) is 10.2 Å². The van der Waals surface area contributed by atoms with E-state index in [4.69, 9.17) is 9.47 Å². The number of carbonyl (C=O) groups excluding carboxylic acids is 1. The van der Waals surface area contributed by atoms with E-state index in [1.54, 1.807) is 32.4 Å². The van der Waals surface area contributed by atoms with Crippen LogP contribution >= 0.6 is 11.8 Å². The van der Waals surface area contributed by atoms with E-state index in [9.17, 15) is 4.79 Å². The maximum absolute atomic E-state index is 12.4. The van der Waals surface area contributed by atoms with Crippen LogP contribution in [0.4, 0.5) is 5.69 Å². The number of thioether (sulfide) groups is 1. The highest BCUT2D eigenvalue weighted by Crippen LogP contribution is 2.29. The quantitative estimate of drug-likeness (QED) is 0.614. The average Bonchev–Trinajstić information content (AvgIpc) is 3.07. The first kappa shape index (κ1) is 19.8. The number of benzene rings is 2. The van der Waals surface area contributed by atoms with Gasteiger partial charge in [-0.2, -0.15) is 0 Å². The van der Waals surface area contributed by atoms with Crippen molar-refractivity contribution in [1.29, 1.82) is 0 Å². The zero-order valence-electron chi connectivity index (χ0n) is 16.2. The van der Waals surface area contributed by atoms with Crippen molar-refractivity contribution in [3.8, 4) is 22.9 Å². The van der Waals surface area contributed by atoms with Crippen LogP contribution in [0, 0.1) is 6.92 Å². The summed E-state index contributed by atoms with van der Waals surface area (Å²) in [4.78, 5) is 12.4. The molecule has 0 radical (unpaired) electrons. The number of methoxy groups -OCH3 is 2. The molecule has 1 N–H and O–H groups in total. The standard InChI is InChI=1S/C20H22N4O3S/c1-13-7-5-6-8-15(13)19-22-23-20(24(19)2)28-12-18(25)21-16-11-14(26-3)9-10-17(16)27-4/h5-11H,12H2,1-4H3,(H,21,25). The molecule has 1 heterocycles. The van der Waals surface area contributed by atoms with Gasteiger partial charge in [-0.05, 0) is 24.6 Å². The molecule has 0 saturated carbocycles. The Kier molecular flexibility index (Phi) is 6.20. The van der Waals surface area contributed by atoms with Crippen LogP contribution in [-0.2, 0) is 11.8 Å². The largest absolute Gasteiger partial charge is 0.497 e. The summed E-state index contributed by atoms with van der Waals surface area (Å²) in [6.07, 6.45) is 0. The minimum absolute atomic E-state index is 0.169. The number of nitrogens with one attached hydrogen (secondary N) is 1. The summed E-state index contributed by atoms with van der Waals surface area (Å²) in [6.45, 7) is 2.03. The highest BCUT2D eigenvalue weighted by atomic mass is 32.2. The van der Waals surface area contributed by atoms with Crippen LogP contribution in [0.15, 0.2) is 47.6 Å². The minimum atomic E-state index is -0.169. The minimum Gasteiger partial charge on any atom is -0.497 e. The molecule has 146 valence electrons. The van der Waals surface area contributed by atoms with Crippen LogP contribution in [0.5, 0.6) is 11.5 Å². The molecule has 1 amide bonds. The summed E-state index contributed by atoms with van der Waals surface area (Å²) in [6, 6.07) is 13.2. The predicted molar refractivity (Wildman–Crippen MR) is 110 cm³/mol. The Hall–Kier alpha value is -3.00. The molecule has 0 unspecified atom stereocenters. The van der Waals surface area contributed by atoms with E-state index >= 15 is 0 Å². The summed E-state index contributed by atoms with van der Waals surface area (Å²) in [7, 11) is 5.02. The van der Waals surface area contributed by atoms with Gasteiger partial charge in [0.15, 0.2) is 11.0 Å². The predicted octanol–water partition coefficient (Wildman–Crippen LogP) is 3.54. The van der Waals surface area contributed by atoms with Crippen LogP contribution < -0.4 is 14.8 Å². The molecule has 0 fully saturated rings. The number of hydrogen-bond donors (Lipinski definition) is 1. The lowest BCUT2D eigenvalue weighted by atomic mass is 10.1. The van der Waals surface area contributed by atoms with Gasteiger partial charge in [0.05, 0.1) is 25.7 Å². The van der Waals surface area contributed by atoms with Crippen molar-refractivity contribution in [1.82, 2.24) is 14.8 Å². The van der Waals surface area contributed by atoms with Crippen molar-refractivity contribution >= 4 is 23.4 Å². The Labute approximate surface area is 168 Å². The van der Waals surface area contributed by atoms with Gasteiger partial charge < -0.3 is 19.4 Å². The molecule has 7 nitrogen and oxygen atoms in total. The monoisotopic (exact) mass is 398 g/mol. The lowest BCUT2D eigenvalue weighted by molar-refractivity contribution is -0.113. The fourth-order valence-corrected chi connectivity index (χ4v) is 3.44. The van der Waals surface area contributed by atoms with Gasteiger partial charge >= 0.3 is 0 Å². The number of anilines is 1. The van der Waals surface area contributed by atoms with Gasteiger partial charge in [-0.3, -0.25) is 4.79 Å². The van der Waals surface area contributed by atoms with E-state index < -0.39 is 0 Å². The summed E-state index contributed by atoms with van der Waals surface area (Å²) < 4.78 is 12.4. The summed E-state index contributed by atoms with van der Waals surface area (Å²) in [5, 5.41) is 12.0. The van der Waals surface area contributed by atoms with Crippen LogP contribution in [0.2, 0.25) is 0 Å². The molecule has 3 aromatic rings. The number of ether oxygens (including phenoxy) is 2. The Morgan fingerprint density at radius 2 is 1.93 bits per heavy atom. The molecule has 2 aromatic carbocycles. The van der Waals surface area contributed by atoms with Crippen molar-refractivity contribution in [3.63, 3.8) is 0 Å². The Morgan fingerprint density at radius 3 is 2.64 bits per heavy atom. The highest BCUT2D eigenvalue weighted by Gasteiger charge is 2.15. The molecule has 0 bridgehead atoms. The zero-order valence-corrected chi connectivity index (χ0v) is 17.0. The number of rotatable bonds is 7. The van der Waals surface area contributed by atoms with Crippen molar-refractivity contribution in [2.75, 3.05) is 25.3 Å². The fourth-order valence-electron chi connectivity index (χ4n) is 2.73. The normalized spacial score (nSPS) is 10.6. The van der Waals surface area contributed by atoms with E-state index in [0.29, 0.717) is 22.3 Å². The van der Waals surface area contributed by atoms with E-state index in [-0.39, 0.29) is 11.7 Å². The summed E-state index contributed by atoms with van der Waals surface area (Å²) >= 11 is 1.32. The molecular formula is C20H22N4O3S. The van der Waals surface area contributed by atoms with Gasteiger partial charge in [-0.1, -0.05) is 36.0 Å². The molecule has 0 saturated heterocycles. The molecular weight excluding hydrogens is 376 g/mol. The topological polar surface area (TPSA) is 78.3 Å². The number of nitrogens with zero attached hydrogens (tertiary/aromatic N) is 3. The lowest BCUT2D eigenvalue weighted by Crippen LogP contribution is -2.15. The van der Waals surface area contributed by atoms with Gasteiger partial charge in [0, 0.05) is 18.7 Å². The molecule has 0 aliphatic carbocycles. The summed E-state index contributed by atoms with van der Waals surface area (Å²) in [5.74, 6) is 2.01. The van der Waals surface area contributed by atoms with Crippen LogP contribution in [0.3, 0.4) is 0 Å². The van der Waals surface area contributed by atoms with Crippen molar-refractivity contribution in [2.45, 2.75) is 12.1 Å². The SMILES string of the molecule is COc1ccc(OC)c(NC(=O)CSc2nnc(-c3ccccc3C)n2C)c1. The molecule has 8 heteroatoms. The molecule has 28 heavy (non-hydrogen) atoms. The number of hydrogen-bond acceptors (Lipinski definition) is 6. The number of carbonyl (C=O) groups is 1. The average molecular weight is 398 g/mol. The van der Waals surface area contributed by atoms with Crippen molar-refractivity contribution < 1.29 is 14.3 Å². The maximum atomic E-state index is 12.4. The van der Waals surface area contributed by atoms with E-state index in [1.165, 1.54) is 11.8 Å². The Bertz CT molecular complexity index is 987. The first-order valence-corrected chi connectivity index (χ1v) is 9.62. The summed E-state index contributed by atoms with van der Waals surface area (Å²) in [5.41, 5.74) is 2.71. The third kappa shape index (κ3) is 4.28. The van der Waals surface area contributed by atoms with Crippen LogP contribution in [-0.4, -0.2) is 40.6 Å². The zero-order chi connectivity index (χ0) is 20.1. The van der Waals surface area contributed by atoms with E-state index in [0.717, 1.165) is 17.0 Å². The third-order valence-electron chi connectivity index (χ3n) is 4.23. The molecule has 1 aromatic heterocycles. The highest BCUT2D eigenvalue weighted by molar-refractivity contribution is 7.99. The fraction of sp³-hybridized carbons (Fsp3) is 0.250. The van der Waals surface area contributed by atoms with Crippen molar-refractivity contribution in [2.24, 2.45) is 7.05 Å². The molecule has 0 atom stereocenters. The number of amides is 1. The smallest absolute Gasteiger partial charge is 0.234 e. The maximum Gasteiger partial charge on any atom is 0.234 e. The van der Waals surface area contributed by atoms with E-state index in [2.05, 4.69) is 15.5 Å². The van der Waals surface area contributed by atoms with Gasteiger partial charge in [0.25, 0.3) is 0 Å². The first-order chi connectivity index (χ1) is 13.5. The molecule has 0 aliphatic rings. The van der Waals surface area contributed by atoms with Crippen LogP contribution in [0.1, 0.15) is 5.56 Å². The van der Waals surface area contributed by atoms with Crippen molar-refractivity contribution in [3.05, 3.63) is 48.0 Å². The van der Waals surface area contributed by atoms with Gasteiger partial charge in [-0.25, -0.2) is 0 Å². The molecule has 3 rings (SSSR count). The van der Waals surface area contributed by atoms with Crippen LogP contribution in [0.25, 0.3) is 11.4 Å². The molecule has 0 aliphatic heterocycles. The number of aromatic nitrogens is 3. The van der Waals surface area contributed by atoms with Gasteiger partial charge in [0.2, 0.25) is 5.91 Å². The second-order valence-corrected chi connectivity index (χ2v) is 7.03. The number of aryl methyl sites for hydroxylation is 1. The first-order valence-electron chi connectivity index (χ1n) is 8.63. The van der Waals surface area contributed by atoms with E-state index in [1.807, 2.05) is 42.8 Å². The Morgan fingerprint density at radius 1 is 1.14 bits per heavy atom. The molecule has 0 spiro atoms. The second kappa shape index (κ2) is 8.79. The lowest BCUT2D eigenvalue weighted by Gasteiger charge is -2.11. The Balaban J connectivity index is 1.68. The van der Waals surface area contributed by atoms with Gasteiger partial charge in [0.1, 0.15) is 11.5 Å². The third-order valence-corrected chi connectivity index (χ3v) is 5.25. The second-order valence-electron chi connectivity index (χ2n) is 6.08.